The third-order valence-electron chi connectivity index (χ3n) is 2.89. The van der Waals surface area contributed by atoms with E-state index in [0.29, 0.717) is 23.2 Å². The molecule has 1 amide bonds. The average Bonchev–Trinajstić information content (AvgIpc) is 2.47. The van der Waals surface area contributed by atoms with Crippen LogP contribution in [0.5, 0.6) is 0 Å². The maximum Gasteiger partial charge on any atom is 0.349 e. The molecule has 0 fully saturated rings. The fraction of sp³-hybridized carbons (Fsp3) is 0.133. The minimum Gasteiger partial charge on any atom is -0.621 e. The van der Waals surface area contributed by atoms with Crippen molar-refractivity contribution in [2.24, 2.45) is 0 Å². The van der Waals surface area contributed by atoms with Gasteiger partial charge < -0.3 is 10.3 Å². The standard InChI is InChI=1S/C15H15NO3/c17-11-10-12-6-4-5-9-14(12)15(18)16(19)13-7-2-1-3-8-13/h1-9,16-17H,10-11H2. The van der Waals surface area contributed by atoms with Crippen molar-refractivity contribution in [1.82, 2.24) is 0 Å². The van der Waals surface area contributed by atoms with E-state index in [1.807, 2.05) is 0 Å². The minimum absolute atomic E-state index is 0.0518. The van der Waals surface area contributed by atoms with Crippen molar-refractivity contribution >= 4 is 11.6 Å². The molecule has 0 aliphatic heterocycles. The molecule has 0 saturated carbocycles. The molecule has 0 heterocycles. The lowest BCUT2D eigenvalue weighted by molar-refractivity contribution is -0.679. The van der Waals surface area contributed by atoms with Crippen LogP contribution in [-0.2, 0) is 6.42 Å². The Bertz CT molecular complexity index is 554. The number of hydroxylamine groups is 1. The van der Waals surface area contributed by atoms with E-state index in [9.17, 15) is 10.0 Å². The number of aliphatic hydroxyl groups excluding tert-OH is 1. The molecule has 0 aliphatic rings. The van der Waals surface area contributed by atoms with Crippen molar-refractivity contribution < 1.29 is 15.0 Å². The topological polar surface area (TPSA) is 64.8 Å². The van der Waals surface area contributed by atoms with Crippen LogP contribution in [0.3, 0.4) is 0 Å². The Kier molecular flexibility index (Phi) is 4.41. The number of rotatable bonds is 4. The predicted octanol–water partition coefficient (Wildman–Crippen LogP) is 1.08. The number of aliphatic hydroxyl groups is 1. The molecule has 2 aromatic rings. The lowest BCUT2D eigenvalue weighted by Crippen LogP contribution is -3.05. The van der Waals surface area contributed by atoms with Gasteiger partial charge in [-0.05, 0) is 30.2 Å². The van der Waals surface area contributed by atoms with E-state index in [2.05, 4.69) is 0 Å². The van der Waals surface area contributed by atoms with Gasteiger partial charge in [-0.1, -0.05) is 36.4 Å². The molecule has 19 heavy (non-hydrogen) atoms. The van der Waals surface area contributed by atoms with Crippen LogP contribution in [0, 0.1) is 5.21 Å². The molecule has 0 saturated heterocycles. The van der Waals surface area contributed by atoms with Crippen LogP contribution in [0.25, 0.3) is 0 Å². The number of quaternary nitrogens is 1. The summed E-state index contributed by atoms with van der Waals surface area (Å²) in [6.07, 6.45) is 0.365. The molecule has 2 N–H and O–H groups in total. The Balaban J connectivity index is 2.29. The third kappa shape index (κ3) is 3.06. The molecule has 2 rings (SSSR count). The van der Waals surface area contributed by atoms with Crippen molar-refractivity contribution in [3.05, 3.63) is 70.9 Å². The molecule has 98 valence electrons. The fourth-order valence-corrected chi connectivity index (χ4v) is 1.92. The van der Waals surface area contributed by atoms with Gasteiger partial charge in [-0.15, -0.1) is 0 Å². The SMILES string of the molecule is O=C(c1ccccc1CCO)[NH+]([O-])c1ccccc1. The van der Waals surface area contributed by atoms with Crippen LogP contribution >= 0.6 is 0 Å². The Labute approximate surface area is 111 Å². The van der Waals surface area contributed by atoms with Crippen molar-refractivity contribution in [2.75, 3.05) is 6.61 Å². The fourth-order valence-electron chi connectivity index (χ4n) is 1.92. The molecule has 0 aromatic heterocycles. The second-order valence-corrected chi connectivity index (χ2v) is 4.16. The molecule has 2 aromatic carbocycles. The van der Waals surface area contributed by atoms with Crippen LogP contribution in [0.4, 0.5) is 5.69 Å². The summed E-state index contributed by atoms with van der Waals surface area (Å²) in [6, 6.07) is 15.3. The first-order valence-electron chi connectivity index (χ1n) is 6.07. The average molecular weight is 257 g/mol. The van der Waals surface area contributed by atoms with E-state index in [-0.39, 0.29) is 6.61 Å². The van der Waals surface area contributed by atoms with E-state index in [1.54, 1.807) is 54.6 Å². The number of benzene rings is 2. The normalized spacial score (nSPS) is 12.1. The number of para-hydroxylation sites is 1. The molecule has 0 radical (unpaired) electrons. The van der Waals surface area contributed by atoms with Gasteiger partial charge in [0.05, 0.1) is 5.56 Å². The van der Waals surface area contributed by atoms with Crippen molar-refractivity contribution in [1.29, 1.82) is 0 Å². The first kappa shape index (κ1) is 13.4. The Hall–Kier alpha value is -2.01. The summed E-state index contributed by atoms with van der Waals surface area (Å²) >= 11 is 0. The van der Waals surface area contributed by atoms with E-state index in [1.165, 1.54) is 0 Å². The second-order valence-electron chi connectivity index (χ2n) is 4.16. The van der Waals surface area contributed by atoms with Crippen LogP contribution in [0.2, 0.25) is 0 Å². The summed E-state index contributed by atoms with van der Waals surface area (Å²) in [5, 5.41) is 20.6. The monoisotopic (exact) mass is 257 g/mol. The largest absolute Gasteiger partial charge is 0.621 e. The van der Waals surface area contributed by atoms with Gasteiger partial charge in [-0.25, -0.2) is 4.79 Å². The van der Waals surface area contributed by atoms with Gasteiger partial charge in [-0.3, -0.25) is 5.06 Å². The molecule has 0 spiro atoms. The van der Waals surface area contributed by atoms with Crippen LogP contribution in [0.1, 0.15) is 15.9 Å². The summed E-state index contributed by atoms with van der Waals surface area (Å²) in [5.41, 5.74) is 1.44. The van der Waals surface area contributed by atoms with Crippen LogP contribution in [-0.4, -0.2) is 17.6 Å². The zero-order valence-corrected chi connectivity index (χ0v) is 10.4. The minimum atomic E-state index is -0.532. The van der Waals surface area contributed by atoms with Gasteiger partial charge in [-0.2, -0.15) is 0 Å². The molecule has 0 bridgehead atoms. The van der Waals surface area contributed by atoms with Crippen LogP contribution in [0.15, 0.2) is 54.6 Å². The lowest BCUT2D eigenvalue weighted by Gasteiger charge is -2.20. The molecular weight excluding hydrogens is 242 g/mol. The quantitative estimate of drug-likeness (QED) is 0.805. The summed E-state index contributed by atoms with van der Waals surface area (Å²) < 4.78 is 0. The number of nitrogens with one attached hydrogen (secondary N) is 1. The Morgan fingerprint density at radius 1 is 1.05 bits per heavy atom. The highest BCUT2D eigenvalue weighted by atomic mass is 16.5. The zero-order valence-electron chi connectivity index (χ0n) is 10.4. The van der Waals surface area contributed by atoms with Gasteiger partial charge in [0.25, 0.3) is 0 Å². The molecule has 4 nitrogen and oxygen atoms in total. The molecule has 0 aliphatic carbocycles. The summed E-state index contributed by atoms with van der Waals surface area (Å²) in [6.45, 7) is -0.0518. The Morgan fingerprint density at radius 3 is 2.37 bits per heavy atom. The molecule has 4 heteroatoms. The van der Waals surface area contributed by atoms with Gasteiger partial charge in [0.2, 0.25) is 0 Å². The number of amides is 1. The number of carbonyl (C=O) groups excluding carboxylic acids is 1. The van der Waals surface area contributed by atoms with E-state index >= 15 is 0 Å². The smallest absolute Gasteiger partial charge is 0.349 e. The van der Waals surface area contributed by atoms with E-state index < -0.39 is 11.0 Å². The summed E-state index contributed by atoms with van der Waals surface area (Å²) in [4.78, 5) is 12.2. The number of hydrogen-bond acceptors (Lipinski definition) is 3. The van der Waals surface area contributed by atoms with Crippen molar-refractivity contribution in [2.45, 2.75) is 6.42 Å². The molecule has 1 unspecified atom stereocenters. The highest BCUT2D eigenvalue weighted by Crippen LogP contribution is 2.09. The first-order chi connectivity index (χ1) is 9.24. The maximum absolute atomic E-state index is 12.2. The highest BCUT2D eigenvalue weighted by Gasteiger charge is 2.19. The highest BCUT2D eigenvalue weighted by molar-refractivity contribution is 5.90. The predicted molar refractivity (Wildman–Crippen MR) is 72.0 cm³/mol. The summed E-state index contributed by atoms with van der Waals surface area (Å²) in [5.74, 6) is -0.532. The third-order valence-corrected chi connectivity index (χ3v) is 2.89. The van der Waals surface area contributed by atoms with E-state index in [4.69, 9.17) is 5.11 Å². The van der Waals surface area contributed by atoms with Crippen molar-refractivity contribution in [3.8, 4) is 0 Å². The van der Waals surface area contributed by atoms with Gasteiger partial charge in [0, 0.05) is 6.61 Å². The van der Waals surface area contributed by atoms with Gasteiger partial charge in [0.15, 0.2) is 0 Å². The number of carbonyl (C=O) groups is 1. The Morgan fingerprint density at radius 2 is 1.68 bits per heavy atom. The maximum atomic E-state index is 12.2. The van der Waals surface area contributed by atoms with Gasteiger partial charge in [0.1, 0.15) is 5.69 Å². The second kappa shape index (κ2) is 6.24. The van der Waals surface area contributed by atoms with Crippen molar-refractivity contribution in [3.63, 3.8) is 0 Å². The summed E-state index contributed by atoms with van der Waals surface area (Å²) in [7, 11) is 0. The van der Waals surface area contributed by atoms with Crippen LogP contribution < -0.4 is 5.06 Å². The first-order valence-corrected chi connectivity index (χ1v) is 6.07. The zero-order chi connectivity index (χ0) is 13.7. The van der Waals surface area contributed by atoms with Gasteiger partial charge >= 0.3 is 5.91 Å². The van der Waals surface area contributed by atoms with E-state index in [0.717, 1.165) is 0 Å². The molecular formula is C15H15NO3. The molecule has 1 atom stereocenters. The number of hydrogen-bond donors (Lipinski definition) is 2. The lowest BCUT2D eigenvalue weighted by atomic mass is 10.0.